The molecule has 1 atom stereocenters. The van der Waals surface area contributed by atoms with Crippen molar-refractivity contribution >= 4 is 11.8 Å². The van der Waals surface area contributed by atoms with E-state index in [1.165, 1.54) is 23.9 Å². The van der Waals surface area contributed by atoms with Gasteiger partial charge in [-0.05, 0) is 49.2 Å². The summed E-state index contributed by atoms with van der Waals surface area (Å²) in [5, 5.41) is 0. The van der Waals surface area contributed by atoms with Gasteiger partial charge < -0.3 is 5.73 Å². The Hall–Kier alpha value is -1.39. The first kappa shape index (κ1) is 14.0. The minimum atomic E-state index is -0.302. The second kappa shape index (κ2) is 5.72. The maximum absolute atomic E-state index is 13.7. The van der Waals surface area contributed by atoms with Crippen LogP contribution in [0.3, 0.4) is 0 Å². The van der Waals surface area contributed by atoms with Crippen molar-refractivity contribution < 1.29 is 8.78 Å². The van der Waals surface area contributed by atoms with Gasteiger partial charge in [0.2, 0.25) is 0 Å². The lowest BCUT2D eigenvalue weighted by Gasteiger charge is -2.14. The Kier molecular flexibility index (Phi) is 4.22. The molecule has 4 heteroatoms. The van der Waals surface area contributed by atoms with E-state index in [4.69, 9.17) is 5.73 Å². The first-order chi connectivity index (χ1) is 8.99. The molecule has 0 saturated heterocycles. The largest absolute Gasteiger partial charge is 0.324 e. The van der Waals surface area contributed by atoms with Crippen LogP contribution in [0.5, 0.6) is 0 Å². The molecule has 19 heavy (non-hydrogen) atoms. The summed E-state index contributed by atoms with van der Waals surface area (Å²) in [5.41, 5.74) is 7.07. The lowest BCUT2D eigenvalue weighted by molar-refractivity contribution is 0.601. The van der Waals surface area contributed by atoms with E-state index in [0.717, 1.165) is 4.90 Å². The van der Waals surface area contributed by atoms with Gasteiger partial charge in [0.05, 0.1) is 0 Å². The van der Waals surface area contributed by atoms with Crippen molar-refractivity contribution in [1.82, 2.24) is 0 Å². The molecule has 0 unspecified atom stereocenters. The zero-order valence-electron chi connectivity index (χ0n) is 10.8. The van der Waals surface area contributed by atoms with Crippen molar-refractivity contribution in [2.24, 2.45) is 5.73 Å². The summed E-state index contributed by atoms with van der Waals surface area (Å²) >= 11 is 1.27. The fraction of sp³-hybridized carbons (Fsp3) is 0.200. The predicted molar refractivity (Wildman–Crippen MR) is 74.3 cm³/mol. The standard InChI is InChI=1S/C15H15F2NS/c1-9-7-15(11(10(2)18)8-13(9)17)19-14-6-4-3-5-12(14)16/h3-8,10H,18H2,1-2H3/t10-/m0/s1. The highest BCUT2D eigenvalue weighted by Crippen LogP contribution is 2.35. The third-order valence-electron chi connectivity index (χ3n) is 2.84. The van der Waals surface area contributed by atoms with E-state index < -0.39 is 0 Å². The van der Waals surface area contributed by atoms with Crippen LogP contribution in [0.2, 0.25) is 0 Å². The normalized spacial score (nSPS) is 12.5. The van der Waals surface area contributed by atoms with E-state index in [0.29, 0.717) is 16.0 Å². The summed E-state index contributed by atoms with van der Waals surface area (Å²) in [5.74, 6) is -0.574. The predicted octanol–water partition coefficient (Wildman–Crippen LogP) is 4.44. The SMILES string of the molecule is Cc1cc(Sc2ccccc2F)c([C@H](C)N)cc1F. The quantitative estimate of drug-likeness (QED) is 0.898. The molecule has 0 saturated carbocycles. The van der Waals surface area contributed by atoms with Gasteiger partial charge >= 0.3 is 0 Å². The van der Waals surface area contributed by atoms with E-state index in [2.05, 4.69) is 0 Å². The highest BCUT2D eigenvalue weighted by molar-refractivity contribution is 7.99. The molecule has 0 spiro atoms. The molecule has 0 aromatic heterocycles. The average Bonchev–Trinajstić information content (AvgIpc) is 2.36. The van der Waals surface area contributed by atoms with E-state index in [9.17, 15) is 8.78 Å². The van der Waals surface area contributed by atoms with Gasteiger partial charge in [-0.2, -0.15) is 0 Å². The molecule has 1 nitrogen and oxygen atoms in total. The lowest BCUT2D eigenvalue weighted by atomic mass is 10.1. The van der Waals surface area contributed by atoms with Crippen molar-refractivity contribution in [3.63, 3.8) is 0 Å². The van der Waals surface area contributed by atoms with Gasteiger partial charge in [0, 0.05) is 15.8 Å². The van der Waals surface area contributed by atoms with E-state index >= 15 is 0 Å². The number of benzene rings is 2. The van der Waals surface area contributed by atoms with E-state index in [1.54, 1.807) is 38.1 Å². The summed E-state index contributed by atoms with van der Waals surface area (Å²) in [4.78, 5) is 1.30. The monoisotopic (exact) mass is 279 g/mol. The Balaban J connectivity index is 2.45. The van der Waals surface area contributed by atoms with Gasteiger partial charge in [0.25, 0.3) is 0 Å². The maximum atomic E-state index is 13.7. The van der Waals surface area contributed by atoms with Crippen LogP contribution in [0.25, 0.3) is 0 Å². The second-order valence-corrected chi connectivity index (χ2v) is 5.54. The Bertz CT molecular complexity index is 597. The summed E-state index contributed by atoms with van der Waals surface area (Å²) in [6.07, 6.45) is 0. The minimum Gasteiger partial charge on any atom is -0.324 e. The van der Waals surface area contributed by atoms with Crippen LogP contribution in [-0.4, -0.2) is 0 Å². The summed E-state index contributed by atoms with van der Waals surface area (Å²) < 4.78 is 27.3. The van der Waals surface area contributed by atoms with Crippen molar-refractivity contribution in [1.29, 1.82) is 0 Å². The van der Waals surface area contributed by atoms with Crippen molar-refractivity contribution in [2.75, 3.05) is 0 Å². The first-order valence-corrected chi connectivity index (χ1v) is 6.78. The molecule has 0 aliphatic rings. The number of hydrogen-bond donors (Lipinski definition) is 1. The van der Waals surface area contributed by atoms with Crippen molar-refractivity contribution in [3.8, 4) is 0 Å². The van der Waals surface area contributed by atoms with E-state index in [1.807, 2.05) is 0 Å². The first-order valence-electron chi connectivity index (χ1n) is 5.97. The van der Waals surface area contributed by atoms with Crippen LogP contribution in [0.4, 0.5) is 8.78 Å². The fourth-order valence-electron chi connectivity index (χ4n) is 1.76. The van der Waals surface area contributed by atoms with Gasteiger partial charge in [-0.15, -0.1) is 0 Å². The molecule has 0 amide bonds. The van der Waals surface area contributed by atoms with Crippen LogP contribution < -0.4 is 5.73 Å². The Morgan fingerprint density at radius 1 is 1.05 bits per heavy atom. The molecule has 0 radical (unpaired) electrons. The summed E-state index contributed by atoms with van der Waals surface area (Å²) in [7, 11) is 0. The van der Waals surface area contributed by atoms with Gasteiger partial charge in [-0.25, -0.2) is 8.78 Å². The molecule has 2 N–H and O–H groups in total. The molecular formula is C15H15F2NS. The van der Waals surface area contributed by atoms with Gasteiger partial charge in [0.1, 0.15) is 11.6 Å². The number of aryl methyl sites for hydroxylation is 1. The fourth-order valence-corrected chi connectivity index (χ4v) is 2.91. The number of hydrogen-bond acceptors (Lipinski definition) is 2. The minimum absolute atomic E-state index is 0.287. The molecule has 0 bridgehead atoms. The summed E-state index contributed by atoms with van der Waals surface area (Å²) in [6, 6.07) is 9.36. The van der Waals surface area contributed by atoms with Crippen molar-refractivity contribution in [3.05, 3.63) is 59.2 Å². The molecule has 0 fully saturated rings. The Morgan fingerprint density at radius 2 is 1.74 bits per heavy atom. The molecule has 0 aliphatic carbocycles. The second-order valence-electron chi connectivity index (χ2n) is 4.46. The number of rotatable bonds is 3. The molecule has 2 aromatic carbocycles. The van der Waals surface area contributed by atoms with Crippen LogP contribution in [0.15, 0.2) is 46.2 Å². The highest BCUT2D eigenvalue weighted by atomic mass is 32.2. The highest BCUT2D eigenvalue weighted by Gasteiger charge is 2.13. The Labute approximate surface area is 115 Å². The average molecular weight is 279 g/mol. The zero-order valence-corrected chi connectivity index (χ0v) is 11.6. The van der Waals surface area contributed by atoms with Crippen LogP contribution >= 0.6 is 11.8 Å². The van der Waals surface area contributed by atoms with Gasteiger partial charge in [-0.1, -0.05) is 23.9 Å². The van der Waals surface area contributed by atoms with Crippen LogP contribution in [0, 0.1) is 18.6 Å². The molecule has 2 aromatic rings. The topological polar surface area (TPSA) is 26.0 Å². The molecule has 0 aliphatic heterocycles. The molecular weight excluding hydrogens is 264 g/mol. The third-order valence-corrected chi connectivity index (χ3v) is 3.96. The lowest BCUT2D eigenvalue weighted by Crippen LogP contribution is -2.07. The van der Waals surface area contributed by atoms with E-state index in [-0.39, 0.29) is 17.7 Å². The number of nitrogens with two attached hydrogens (primary N) is 1. The summed E-state index contributed by atoms with van der Waals surface area (Å²) in [6.45, 7) is 3.47. The number of halogens is 2. The van der Waals surface area contributed by atoms with Crippen molar-refractivity contribution in [2.45, 2.75) is 29.7 Å². The molecule has 0 heterocycles. The van der Waals surface area contributed by atoms with Crippen LogP contribution in [-0.2, 0) is 0 Å². The molecule has 100 valence electrons. The third kappa shape index (κ3) is 3.14. The molecule has 2 rings (SSSR count). The van der Waals surface area contributed by atoms with Gasteiger partial charge in [0.15, 0.2) is 0 Å². The maximum Gasteiger partial charge on any atom is 0.137 e. The zero-order chi connectivity index (χ0) is 14.0. The van der Waals surface area contributed by atoms with Crippen LogP contribution in [0.1, 0.15) is 24.1 Å². The Morgan fingerprint density at radius 3 is 2.37 bits per heavy atom. The van der Waals surface area contributed by atoms with Gasteiger partial charge in [-0.3, -0.25) is 0 Å². The smallest absolute Gasteiger partial charge is 0.137 e.